The van der Waals surface area contributed by atoms with Gasteiger partial charge in [0.1, 0.15) is 5.76 Å². The highest BCUT2D eigenvalue weighted by Crippen LogP contribution is 2.17. The highest BCUT2D eigenvalue weighted by Gasteiger charge is 2.13. The van der Waals surface area contributed by atoms with E-state index in [4.69, 9.17) is 4.42 Å². The highest BCUT2D eigenvalue weighted by atomic mass is 32.1. The van der Waals surface area contributed by atoms with Gasteiger partial charge in [0.2, 0.25) is 0 Å². The fraction of sp³-hybridized carbons (Fsp3) is 0.500. The van der Waals surface area contributed by atoms with Crippen LogP contribution in [0.4, 0.5) is 0 Å². The van der Waals surface area contributed by atoms with Crippen molar-refractivity contribution >= 4 is 11.3 Å². The van der Waals surface area contributed by atoms with Gasteiger partial charge in [0.15, 0.2) is 0 Å². The summed E-state index contributed by atoms with van der Waals surface area (Å²) in [5.41, 5.74) is 1.37. The lowest BCUT2D eigenvalue weighted by molar-refractivity contribution is 0.287. The van der Waals surface area contributed by atoms with Crippen molar-refractivity contribution in [2.45, 2.75) is 45.9 Å². The zero-order chi connectivity index (χ0) is 14.6. The van der Waals surface area contributed by atoms with Crippen LogP contribution in [0.2, 0.25) is 0 Å². The minimum atomic E-state index is 0.122. The van der Waals surface area contributed by atoms with Crippen LogP contribution in [0.5, 0.6) is 0 Å². The molecule has 2 aromatic heterocycles. The van der Waals surface area contributed by atoms with E-state index in [1.54, 1.807) is 17.6 Å². The number of hydrogen-bond acceptors (Lipinski definition) is 4. The zero-order valence-electron chi connectivity index (χ0n) is 12.8. The van der Waals surface area contributed by atoms with E-state index in [2.05, 4.69) is 61.6 Å². The van der Waals surface area contributed by atoms with Crippen LogP contribution in [0.15, 0.2) is 34.3 Å². The lowest BCUT2D eigenvalue weighted by Gasteiger charge is -2.21. The van der Waals surface area contributed by atoms with Gasteiger partial charge in [-0.25, -0.2) is 0 Å². The van der Waals surface area contributed by atoms with Crippen molar-refractivity contribution in [3.05, 3.63) is 46.0 Å². The van der Waals surface area contributed by atoms with Crippen LogP contribution in [-0.4, -0.2) is 17.5 Å². The zero-order valence-corrected chi connectivity index (χ0v) is 13.6. The SMILES string of the molecule is CN(Cc1cccs1)Cc1occc1CNC(C)(C)C. The second-order valence-corrected chi connectivity index (χ2v) is 7.26. The third-order valence-corrected chi connectivity index (χ3v) is 3.93. The van der Waals surface area contributed by atoms with Gasteiger partial charge >= 0.3 is 0 Å². The summed E-state index contributed by atoms with van der Waals surface area (Å²) in [6.07, 6.45) is 1.79. The molecule has 1 N–H and O–H groups in total. The summed E-state index contributed by atoms with van der Waals surface area (Å²) in [4.78, 5) is 3.67. The van der Waals surface area contributed by atoms with Crippen molar-refractivity contribution in [2.24, 2.45) is 0 Å². The average molecular weight is 292 g/mol. The summed E-state index contributed by atoms with van der Waals surface area (Å²) in [5, 5.41) is 5.63. The smallest absolute Gasteiger partial charge is 0.122 e. The summed E-state index contributed by atoms with van der Waals surface area (Å²) in [5.74, 6) is 1.06. The molecule has 0 spiro atoms. The molecule has 0 bridgehead atoms. The predicted molar refractivity (Wildman–Crippen MR) is 84.8 cm³/mol. The van der Waals surface area contributed by atoms with Crippen LogP contribution in [-0.2, 0) is 19.6 Å². The molecule has 0 saturated heterocycles. The normalized spacial score (nSPS) is 12.2. The Morgan fingerprint density at radius 3 is 2.70 bits per heavy atom. The van der Waals surface area contributed by atoms with Crippen LogP contribution in [0.1, 0.15) is 37.0 Å². The molecule has 0 fully saturated rings. The van der Waals surface area contributed by atoms with E-state index in [0.717, 1.165) is 25.4 Å². The molecule has 0 aliphatic rings. The Morgan fingerprint density at radius 1 is 1.25 bits per heavy atom. The summed E-state index contributed by atoms with van der Waals surface area (Å²) >= 11 is 1.80. The molecule has 110 valence electrons. The van der Waals surface area contributed by atoms with Gasteiger partial charge in [-0.15, -0.1) is 11.3 Å². The summed E-state index contributed by atoms with van der Waals surface area (Å²) in [7, 11) is 2.13. The maximum Gasteiger partial charge on any atom is 0.122 e. The quantitative estimate of drug-likeness (QED) is 0.876. The van der Waals surface area contributed by atoms with Crippen LogP contribution in [0, 0.1) is 0 Å². The van der Waals surface area contributed by atoms with Gasteiger partial charge in [-0.3, -0.25) is 4.90 Å². The maximum atomic E-state index is 5.64. The molecule has 20 heavy (non-hydrogen) atoms. The van der Waals surface area contributed by atoms with Crippen LogP contribution in [0.3, 0.4) is 0 Å². The topological polar surface area (TPSA) is 28.4 Å². The summed E-state index contributed by atoms with van der Waals surface area (Å²) < 4.78 is 5.64. The van der Waals surface area contributed by atoms with E-state index in [9.17, 15) is 0 Å². The molecule has 2 heterocycles. The van der Waals surface area contributed by atoms with Crippen molar-refractivity contribution < 1.29 is 4.42 Å². The molecule has 0 aliphatic heterocycles. The van der Waals surface area contributed by atoms with Crippen molar-refractivity contribution in [3.8, 4) is 0 Å². The molecule has 0 radical (unpaired) electrons. The molecule has 0 saturated carbocycles. The first kappa shape index (κ1) is 15.3. The standard InChI is InChI=1S/C16H24N2OS/c1-16(2,3)17-10-13-7-8-19-15(13)12-18(4)11-14-6-5-9-20-14/h5-9,17H,10-12H2,1-4H3. The third-order valence-electron chi connectivity index (χ3n) is 3.07. The number of thiophene rings is 1. The van der Waals surface area contributed by atoms with Gasteiger partial charge in [-0.1, -0.05) is 6.07 Å². The molecular weight excluding hydrogens is 268 g/mol. The Morgan fingerprint density at radius 2 is 2.05 bits per heavy atom. The Kier molecular flexibility index (Phi) is 5.02. The van der Waals surface area contributed by atoms with Crippen molar-refractivity contribution in [2.75, 3.05) is 7.05 Å². The Balaban J connectivity index is 1.91. The highest BCUT2D eigenvalue weighted by molar-refractivity contribution is 7.09. The number of nitrogens with zero attached hydrogens (tertiary/aromatic N) is 1. The summed E-state index contributed by atoms with van der Waals surface area (Å²) in [6, 6.07) is 6.33. The first-order chi connectivity index (χ1) is 9.44. The molecule has 0 aliphatic carbocycles. The molecule has 2 aromatic rings. The van der Waals surface area contributed by atoms with E-state index in [1.807, 2.05) is 0 Å². The molecule has 3 nitrogen and oxygen atoms in total. The maximum absolute atomic E-state index is 5.64. The van der Waals surface area contributed by atoms with Gasteiger partial charge in [0, 0.05) is 29.1 Å². The molecule has 0 aromatic carbocycles. The van der Waals surface area contributed by atoms with Gasteiger partial charge < -0.3 is 9.73 Å². The minimum Gasteiger partial charge on any atom is -0.468 e. The molecule has 4 heteroatoms. The molecular formula is C16H24N2OS. The summed E-state index contributed by atoms with van der Waals surface area (Å²) in [6.45, 7) is 9.18. The first-order valence-electron chi connectivity index (χ1n) is 6.95. The van der Waals surface area contributed by atoms with Gasteiger partial charge in [-0.2, -0.15) is 0 Å². The van der Waals surface area contributed by atoms with Crippen molar-refractivity contribution in [1.82, 2.24) is 10.2 Å². The lowest BCUT2D eigenvalue weighted by Crippen LogP contribution is -2.35. The monoisotopic (exact) mass is 292 g/mol. The third kappa shape index (κ3) is 4.78. The van der Waals surface area contributed by atoms with Gasteiger partial charge in [-0.05, 0) is 45.3 Å². The fourth-order valence-corrected chi connectivity index (χ4v) is 2.78. The van der Waals surface area contributed by atoms with Gasteiger partial charge in [0.25, 0.3) is 0 Å². The number of furan rings is 1. The number of nitrogens with one attached hydrogen (secondary N) is 1. The van der Waals surface area contributed by atoms with E-state index in [0.29, 0.717) is 0 Å². The van der Waals surface area contributed by atoms with E-state index < -0.39 is 0 Å². The number of hydrogen-bond donors (Lipinski definition) is 1. The van der Waals surface area contributed by atoms with Crippen molar-refractivity contribution in [1.29, 1.82) is 0 Å². The van der Waals surface area contributed by atoms with Gasteiger partial charge in [0.05, 0.1) is 12.8 Å². The Bertz CT molecular complexity index is 511. The predicted octanol–water partition coefficient (Wildman–Crippen LogP) is 3.86. The van der Waals surface area contributed by atoms with E-state index in [1.165, 1.54) is 10.4 Å². The van der Waals surface area contributed by atoms with E-state index >= 15 is 0 Å². The number of rotatable bonds is 6. The first-order valence-corrected chi connectivity index (χ1v) is 7.83. The average Bonchev–Trinajstić information content (AvgIpc) is 2.97. The van der Waals surface area contributed by atoms with E-state index in [-0.39, 0.29) is 5.54 Å². The lowest BCUT2D eigenvalue weighted by atomic mass is 10.1. The van der Waals surface area contributed by atoms with Crippen LogP contribution < -0.4 is 5.32 Å². The Labute approximate surface area is 125 Å². The second kappa shape index (κ2) is 6.57. The minimum absolute atomic E-state index is 0.122. The molecule has 0 atom stereocenters. The van der Waals surface area contributed by atoms with Crippen molar-refractivity contribution in [3.63, 3.8) is 0 Å². The fourth-order valence-electron chi connectivity index (χ4n) is 1.99. The van der Waals surface area contributed by atoms with Crippen LogP contribution in [0.25, 0.3) is 0 Å². The second-order valence-electron chi connectivity index (χ2n) is 6.22. The largest absolute Gasteiger partial charge is 0.468 e. The van der Waals surface area contributed by atoms with Crippen LogP contribution >= 0.6 is 11.3 Å². The molecule has 0 unspecified atom stereocenters. The Hall–Kier alpha value is -1.10. The molecule has 0 amide bonds. The molecule has 2 rings (SSSR count).